The molecule has 0 aromatic heterocycles. The molecule has 0 aliphatic carbocycles. The van der Waals surface area contributed by atoms with Crippen molar-refractivity contribution in [2.24, 2.45) is 0 Å². The SMILES string of the molecule is [B]B([B])B(B([B])[B])B(B([B])[B][B-])B(B(B(B([B])[B])B([B])[B])B(B([B])[B])B([B])[B])B(B(B([B])[B])B([B])[B])B(B([B])[B])B([B])[B]. The van der Waals surface area contributed by atoms with E-state index in [1.165, 1.54) is 7.06 Å². The fourth-order valence-corrected chi connectivity index (χ4v) is 7.06. The summed E-state index contributed by atoms with van der Waals surface area (Å²) in [7, 11) is 140. The molecule has 0 rings (SSSR count). The second kappa shape index (κ2) is 21.1. The van der Waals surface area contributed by atoms with Crippen molar-refractivity contribution in [1.29, 1.82) is 0 Å². The molecule has 0 amide bonds. The monoisotopic (exact) mass is 473 g/mol. The second-order valence-corrected chi connectivity index (χ2v) is 11.7. The summed E-state index contributed by atoms with van der Waals surface area (Å²) < 4.78 is 0. The van der Waals surface area contributed by atoms with E-state index in [1.807, 2.05) is 0 Å². The Morgan fingerprint density at radius 2 is 0.372 bits per heavy atom. The lowest BCUT2D eigenvalue weighted by atomic mass is 8.26. The van der Waals surface area contributed by atoms with E-state index in [9.17, 15) is 0 Å². The van der Waals surface area contributed by atoms with Gasteiger partial charge < -0.3 is 7.74 Å². The van der Waals surface area contributed by atoms with Crippen LogP contribution in [0, 0.1) is 0 Å². The number of hydrogen-bond acceptors (Lipinski definition) is 0. The molecule has 0 aliphatic heterocycles. The lowest BCUT2D eigenvalue weighted by molar-refractivity contribution is 3.21. The number of rotatable bonds is 20. The molecular weight excluding hydrogens is 465 g/mol. The molecule has 0 aliphatic rings. The van der Waals surface area contributed by atoms with Crippen LogP contribution in [-0.2, 0) is 0 Å². The van der Waals surface area contributed by atoms with Crippen LogP contribution in [0.25, 0.3) is 0 Å². The van der Waals surface area contributed by atoms with Crippen molar-refractivity contribution in [3.63, 3.8) is 0 Å². The molecule has 0 bridgehead atoms. The largest absolute Gasteiger partial charge is 0.690 e. The van der Waals surface area contributed by atoms with E-state index < -0.39 is 128 Å². The maximum absolute atomic E-state index is 6.68. The van der Waals surface area contributed by atoms with Gasteiger partial charge in [-0.05, 0) is 290 Å². The van der Waals surface area contributed by atoms with Gasteiger partial charge in [-0.3, -0.25) is 7.06 Å². The van der Waals surface area contributed by atoms with Gasteiger partial charge in [0.05, 0.1) is 0 Å². The summed E-state index contributed by atoms with van der Waals surface area (Å²) in [6.07, 6.45) is -23.1. The molecule has 0 spiro atoms. The van der Waals surface area contributed by atoms with Crippen LogP contribution in [0.15, 0.2) is 0 Å². The van der Waals surface area contributed by atoms with Crippen molar-refractivity contribution >= 4 is 305 Å². The quantitative estimate of drug-likeness (QED) is 0.157. The first-order chi connectivity index (χ1) is 19.6. The molecule has 0 unspecified atom stereocenters. The van der Waals surface area contributed by atoms with Gasteiger partial charge in [-0.25, -0.2) is 0 Å². The van der Waals surface area contributed by atoms with Crippen molar-refractivity contribution in [2.45, 2.75) is 0 Å². The highest BCUT2D eigenvalue weighted by molar-refractivity contribution is 8.33. The fourth-order valence-electron chi connectivity index (χ4n) is 7.06. The molecule has 130 valence electrons. The first kappa shape index (κ1) is 45.8. The molecule has 0 heterocycles. The lowest BCUT2D eigenvalue weighted by Crippen LogP contribution is -2.93. The van der Waals surface area contributed by atoms with Gasteiger partial charge in [-0.2, -0.15) is 0 Å². The van der Waals surface area contributed by atoms with Crippen molar-refractivity contribution in [3.05, 3.63) is 0 Å². The minimum atomic E-state index is -1.24. The standard InChI is InChI=1S/B43/c1-23-34(22)40(35(24(2)3)25(4)5)43(41(36(26(6)7)27(8)9)37(28(10)11)29(12)13)42(38(30(14)15)31(16)17)39(32(18)19)33(20)21/q-1. The molecule has 46 radical (unpaired) electrons. The average Bonchev–Trinajstić information content (AvgIpc) is 2.80. The van der Waals surface area contributed by atoms with Crippen molar-refractivity contribution in [3.8, 4) is 0 Å². The predicted octanol–water partition coefficient (Wildman–Crippen LogP) is -16.4. The van der Waals surface area contributed by atoms with E-state index >= 15 is 0 Å². The molecule has 0 aromatic rings. The predicted molar refractivity (Wildman–Crippen MR) is 247 cm³/mol. The Hall–Kier alpha value is 2.79. The topological polar surface area (TPSA) is 0 Å². The van der Waals surface area contributed by atoms with Gasteiger partial charge in [-0.15, -0.1) is 0 Å². The van der Waals surface area contributed by atoms with Crippen LogP contribution < -0.4 is 0 Å². The van der Waals surface area contributed by atoms with Crippen LogP contribution >= 0.6 is 0 Å². The Bertz CT molecular complexity index is 580. The molecule has 0 atom stereocenters. The molecule has 0 saturated carbocycles. The molecule has 0 fully saturated rings. The van der Waals surface area contributed by atoms with E-state index in [0.29, 0.717) is 0 Å². The van der Waals surface area contributed by atoms with Gasteiger partial charge in [0.1, 0.15) is 0 Å². The van der Waals surface area contributed by atoms with Crippen LogP contribution in [0.1, 0.15) is 0 Å². The van der Waals surface area contributed by atoms with Crippen molar-refractivity contribution in [1.82, 2.24) is 0 Å². The van der Waals surface area contributed by atoms with Crippen molar-refractivity contribution in [2.75, 3.05) is 0 Å². The molecule has 0 aromatic carbocycles. The third-order valence-electron chi connectivity index (χ3n) is 8.67. The maximum atomic E-state index is 6.68. The van der Waals surface area contributed by atoms with Crippen LogP contribution in [-0.4, -0.2) is 305 Å². The summed E-state index contributed by atoms with van der Waals surface area (Å²) in [6, 6.07) is 0. The zero-order chi connectivity index (χ0) is 34.3. The van der Waals surface area contributed by atoms with E-state index in [-0.39, 0.29) is 0 Å². The first-order valence-corrected chi connectivity index (χ1v) is 14.0. The highest BCUT2D eigenvalue weighted by Crippen LogP contribution is 2.19. The van der Waals surface area contributed by atoms with E-state index in [1.54, 1.807) is 0 Å². The highest BCUT2D eigenvalue weighted by Gasteiger charge is 2.57. The van der Waals surface area contributed by atoms with Crippen LogP contribution in [0.5, 0.6) is 0 Å². The Morgan fingerprint density at radius 1 is 0.233 bits per heavy atom. The Balaban J connectivity index is 8.72. The first-order valence-electron chi connectivity index (χ1n) is 14.0. The van der Waals surface area contributed by atoms with Gasteiger partial charge in [0.15, 0.2) is 0 Å². The maximum Gasteiger partial charge on any atom is -0.0000000000000853 e. The Labute approximate surface area is 302 Å². The molecule has 0 saturated heterocycles. The zero-order valence-electron chi connectivity index (χ0n) is 24.8. The third kappa shape index (κ3) is 12.6. The molecule has 43 heteroatoms. The molecule has 0 nitrogen and oxygen atoms in total. The van der Waals surface area contributed by atoms with Gasteiger partial charge in [0.2, 0.25) is 0 Å². The van der Waals surface area contributed by atoms with E-state index in [4.69, 9.17) is 170 Å². The van der Waals surface area contributed by atoms with Crippen LogP contribution in [0.3, 0.4) is 0 Å². The summed E-state index contributed by atoms with van der Waals surface area (Å²) >= 11 is 0. The average molecular weight is 465 g/mol. The summed E-state index contributed by atoms with van der Waals surface area (Å²) in [5.74, 6) is 0. The van der Waals surface area contributed by atoms with Gasteiger partial charge >= 0.3 is 0 Å². The Kier molecular flexibility index (Phi) is 22.5. The Morgan fingerprint density at radius 3 is 0.512 bits per heavy atom. The summed E-state index contributed by atoms with van der Waals surface area (Å²) in [6.45, 7) is 0. The highest BCUT2D eigenvalue weighted by atomic mass is 13.4. The summed E-state index contributed by atoms with van der Waals surface area (Å²) in [4.78, 5) is 0. The van der Waals surface area contributed by atoms with Gasteiger partial charge in [-0.1, -0.05) is 0 Å². The van der Waals surface area contributed by atoms with E-state index in [0.717, 1.165) is 0 Å². The lowest BCUT2D eigenvalue weighted by Gasteiger charge is -2.55. The number of hydrogen-bond donors (Lipinski definition) is 0. The van der Waals surface area contributed by atoms with Crippen LogP contribution in [0.4, 0.5) is 0 Å². The van der Waals surface area contributed by atoms with Gasteiger partial charge in [0, 0.05) is 0 Å². The van der Waals surface area contributed by atoms with Crippen molar-refractivity contribution < 1.29 is 0 Å². The summed E-state index contributed by atoms with van der Waals surface area (Å²) in [5, 5.41) is 0. The van der Waals surface area contributed by atoms with Crippen LogP contribution in [0.2, 0.25) is 0 Å². The third-order valence-corrected chi connectivity index (χ3v) is 8.67. The fraction of sp³-hybridized carbons (Fsp3) is 0. The van der Waals surface area contributed by atoms with Gasteiger partial charge in [0.25, 0.3) is 0 Å². The van der Waals surface area contributed by atoms with E-state index in [2.05, 4.69) is 0 Å². The zero-order valence-corrected chi connectivity index (χ0v) is 24.8. The molecule has 0 N–H and O–H groups in total. The molecule has 43 heavy (non-hydrogen) atoms. The molecular formula is B43-. The summed E-state index contributed by atoms with van der Waals surface area (Å²) in [5.41, 5.74) is 0. The smallest absolute Gasteiger partial charge is 0.0000000000000853 e. The normalized spacial score (nSPS) is 9.60. The minimum absolute atomic E-state index is 1.04. The second-order valence-electron chi connectivity index (χ2n) is 11.7. The minimum Gasteiger partial charge on any atom is -0.690 e.